The van der Waals surface area contributed by atoms with Crippen LogP contribution in [0.15, 0.2) is 118 Å². The molecule has 0 aliphatic heterocycles. The van der Waals surface area contributed by atoms with Crippen LogP contribution in [0.5, 0.6) is 0 Å². The first-order valence-corrected chi connectivity index (χ1v) is 11.6. The van der Waals surface area contributed by atoms with Crippen LogP contribution in [0.2, 0.25) is 0 Å². The molecule has 0 aliphatic carbocycles. The van der Waals surface area contributed by atoms with Crippen molar-refractivity contribution in [2.75, 3.05) is 0 Å². The summed E-state index contributed by atoms with van der Waals surface area (Å²) in [4.78, 5) is 7.50. The third kappa shape index (κ3) is 11.5. The Bertz CT molecular complexity index is 1460. The van der Waals surface area contributed by atoms with Crippen LogP contribution in [-0.2, 0) is 29.4 Å². The number of pyridine rings is 2. The summed E-state index contributed by atoms with van der Waals surface area (Å²) < 4.78 is 75.1. The minimum absolute atomic E-state index is 0. The van der Waals surface area contributed by atoms with Gasteiger partial charge in [-0.1, -0.05) is 24.3 Å². The Kier molecular flexibility index (Phi) is 12.7. The molecule has 0 fully saturated rings. The van der Waals surface area contributed by atoms with Gasteiger partial charge in [0.25, 0.3) is 0 Å². The third-order valence-electron chi connectivity index (χ3n) is 4.99. The largest absolute Gasteiger partial charge is 2.00 e. The molecule has 0 unspecified atom stereocenters. The van der Waals surface area contributed by atoms with Crippen LogP contribution in [0, 0.1) is 0 Å². The first kappa shape index (κ1) is 34.3. The molecule has 4 rings (SSSR count). The van der Waals surface area contributed by atoms with Gasteiger partial charge in [0, 0.05) is 36.6 Å². The summed E-state index contributed by atoms with van der Waals surface area (Å²) in [6, 6.07) is 15.0. The van der Waals surface area contributed by atoms with E-state index in [2.05, 4.69) is 30.4 Å². The SMILES string of the molecule is [Cu+2].[O-]/C(=N\N=C/c1cccc(C(F)(F)F)c1)c1ccncc1.[O-]/C(=N\N=C\c1cccc(C(F)(F)F)c1)c1ccncc1. The van der Waals surface area contributed by atoms with E-state index in [0.29, 0.717) is 11.1 Å². The van der Waals surface area contributed by atoms with E-state index in [0.717, 1.165) is 36.7 Å². The quantitative estimate of drug-likeness (QED) is 0.101. The Morgan fingerprint density at radius 3 is 1.26 bits per heavy atom. The zero-order valence-electron chi connectivity index (χ0n) is 21.5. The van der Waals surface area contributed by atoms with Gasteiger partial charge in [-0.25, -0.2) is 0 Å². The zero-order chi connectivity index (χ0) is 30.6. The Hall–Kier alpha value is -4.88. The van der Waals surface area contributed by atoms with Crippen molar-refractivity contribution in [3.05, 3.63) is 131 Å². The van der Waals surface area contributed by atoms with Crippen molar-refractivity contribution in [1.29, 1.82) is 0 Å². The molecule has 2 aromatic carbocycles. The van der Waals surface area contributed by atoms with E-state index in [1.165, 1.54) is 73.3 Å². The molecule has 2 aromatic heterocycles. The van der Waals surface area contributed by atoms with Gasteiger partial charge in [-0.05, 0) is 70.8 Å². The van der Waals surface area contributed by atoms with Gasteiger partial charge in [-0.3, -0.25) is 9.97 Å². The fourth-order valence-corrected chi connectivity index (χ4v) is 2.99. The molecule has 0 N–H and O–H groups in total. The monoisotopic (exact) mass is 647 g/mol. The van der Waals surface area contributed by atoms with Crippen LogP contribution >= 0.6 is 0 Å². The molecular weight excluding hydrogens is 630 g/mol. The fourth-order valence-electron chi connectivity index (χ4n) is 2.99. The summed E-state index contributed by atoms with van der Waals surface area (Å²) in [5.74, 6) is -1.19. The summed E-state index contributed by atoms with van der Waals surface area (Å²) in [7, 11) is 0. The van der Waals surface area contributed by atoms with Crippen molar-refractivity contribution in [2.24, 2.45) is 20.4 Å². The standard InChI is InChI=1S/2C14H10F3N3O.Cu/c2*15-14(16,17)12-3-1-2-10(8-12)9-19-20-13(21)11-4-6-18-7-5-11;/h2*1-9H,(H,20,21);/q;;+2/p-2/b19-9+;19-9-;. The van der Waals surface area contributed by atoms with Crippen LogP contribution in [0.4, 0.5) is 26.3 Å². The Balaban J connectivity index is 0.000000293. The average Bonchev–Trinajstić information content (AvgIpc) is 2.98. The summed E-state index contributed by atoms with van der Waals surface area (Å²) in [5, 5.41) is 37.0. The van der Waals surface area contributed by atoms with Gasteiger partial charge in [0.2, 0.25) is 0 Å². The van der Waals surface area contributed by atoms with Crippen LogP contribution in [-0.4, -0.2) is 34.2 Å². The molecule has 0 saturated carbocycles. The van der Waals surface area contributed by atoms with Crippen molar-refractivity contribution in [1.82, 2.24) is 9.97 Å². The molecule has 0 aliphatic rings. The molecule has 2 heterocycles. The molecule has 0 atom stereocenters. The van der Waals surface area contributed by atoms with Crippen LogP contribution in [0.1, 0.15) is 33.4 Å². The smallest absolute Gasteiger partial charge is 0.857 e. The summed E-state index contributed by atoms with van der Waals surface area (Å²) >= 11 is 0. The van der Waals surface area contributed by atoms with E-state index in [-0.39, 0.29) is 28.2 Å². The second-order valence-corrected chi connectivity index (χ2v) is 8.02. The molecule has 0 bridgehead atoms. The Labute approximate surface area is 251 Å². The van der Waals surface area contributed by atoms with Crippen LogP contribution in [0.3, 0.4) is 0 Å². The fraction of sp³-hybridized carbons (Fsp3) is 0.0714. The minimum atomic E-state index is -4.42. The number of alkyl halides is 6. The number of nitrogens with zero attached hydrogens (tertiary/aromatic N) is 6. The maximum Gasteiger partial charge on any atom is 2.00 e. The Morgan fingerprint density at radius 1 is 0.581 bits per heavy atom. The second-order valence-electron chi connectivity index (χ2n) is 8.02. The number of hydrogen-bond donors (Lipinski definition) is 0. The molecule has 0 amide bonds. The van der Waals surface area contributed by atoms with Crippen molar-refractivity contribution in [2.45, 2.75) is 12.4 Å². The van der Waals surface area contributed by atoms with E-state index in [1.807, 2.05) is 0 Å². The van der Waals surface area contributed by atoms with Gasteiger partial charge in [0.15, 0.2) is 0 Å². The first-order chi connectivity index (χ1) is 19.9. The predicted molar refractivity (Wildman–Crippen MR) is 140 cm³/mol. The zero-order valence-corrected chi connectivity index (χ0v) is 22.4. The van der Waals surface area contributed by atoms with Gasteiger partial charge in [0.05, 0.1) is 23.6 Å². The maximum absolute atomic E-state index is 12.5. The van der Waals surface area contributed by atoms with Gasteiger partial charge < -0.3 is 10.2 Å². The number of aromatic nitrogens is 2. The predicted octanol–water partition coefficient (Wildman–Crippen LogP) is 4.48. The molecule has 8 nitrogen and oxygen atoms in total. The van der Waals surface area contributed by atoms with Crippen molar-refractivity contribution in [3.63, 3.8) is 0 Å². The van der Waals surface area contributed by atoms with E-state index in [9.17, 15) is 36.6 Å². The summed E-state index contributed by atoms with van der Waals surface area (Å²) in [5.41, 5.74) is -0.566. The molecule has 225 valence electrons. The molecule has 0 spiro atoms. The molecule has 15 heteroatoms. The second kappa shape index (κ2) is 15.9. The number of rotatable bonds is 6. The van der Waals surface area contributed by atoms with Crippen molar-refractivity contribution in [3.8, 4) is 0 Å². The summed E-state index contributed by atoms with van der Waals surface area (Å²) in [6.07, 6.45) is -0.943. The normalized spacial score (nSPS) is 12.5. The van der Waals surface area contributed by atoms with Crippen molar-refractivity contribution < 1.29 is 53.6 Å². The summed E-state index contributed by atoms with van der Waals surface area (Å²) in [6.45, 7) is 0. The molecule has 43 heavy (non-hydrogen) atoms. The van der Waals surface area contributed by atoms with E-state index >= 15 is 0 Å². The number of halogens is 6. The van der Waals surface area contributed by atoms with E-state index in [1.54, 1.807) is 0 Å². The maximum atomic E-state index is 12.5. The van der Waals surface area contributed by atoms with E-state index < -0.39 is 35.3 Å². The molecule has 0 saturated heterocycles. The molecular formula is C28H18CuF6N6O2. The van der Waals surface area contributed by atoms with Gasteiger partial charge >= 0.3 is 29.4 Å². The first-order valence-electron chi connectivity index (χ1n) is 11.6. The molecule has 1 radical (unpaired) electrons. The topological polar surface area (TPSA) is 121 Å². The van der Waals surface area contributed by atoms with Gasteiger partial charge in [0.1, 0.15) is 0 Å². The number of benzene rings is 2. The molecule has 4 aromatic rings. The van der Waals surface area contributed by atoms with Crippen LogP contribution in [0.25, 0.3) is 0 Å². The average molecular weight is 648 g/mol. The Morgan fingerprint density at radius 2 is 0.930 bits per heavy atom. The third-order valence-corrected chi connectivity index (χ3v) is 4.99. The van der Waals surface area contributed by atoms with Gasteiger partial charge in [-0.2, -0.15) is 46.7 Å². The van der Waals surface area contributed by atoms with Gasteiger partial charge in [-0.15, -0.1) is 0 Å². The minimum Gasteiger partial charge on any atom is -0.857 e. The number of hydrogen-bond acceptors (Lipinski definition) is 8. The van der Waals surface area contributed by atoms with Crippen LogP contribution < -0.4 is 10.2 Å². The van der Waals surface area contributed by atoms with Crippen molar-refractivity contribution >= 4 is 24.2 Å². The van der Waals surface area contributed by atoms with E-state index in [4.69, 9.17) is 0 Å².